The number of aryl methyl sites for hydroxylation is 1. The molecule has 0 N–H and O–H groups in total. The number of nitrogens with zero attached hydrogens (tertiary/aromatic N) is 3. The summed E-state index contributed by atoms with van der Waals surface area (Å²) in [6, 6.07) is 0.346. The molecule has 0 aliphatic carbocycles. The highest BCUT2D eigenvalue weighted by molar-refractivity contribution is 7.99. The van der Waals surface area contributed by atoms with Gasteiger partial charge in [-0.1, -0.05) is 6.92 Å². The topological polar surface area (TPSA) is 29.0 Å². The van der Waals surface area contributed by atoms with E-state index >= 15 is 0 Å². The number of aromatic nitrogens is 2. The van der Waals surface area contributed by atoms with Crippen molar-refractivity contribution in [3.63, 3.8) is 0 Å². The van der Waals surface area contributed by atoms with Crippen molar-refractivity contribution in [3.05, 3.63) is 17.8 Å². The Hall–Kier alpha value is -0.840. The third-order valence-corrected chi connectivity index (χ3v) is 4.13. The number of halogens is 1. The van der Waals surface area contributed by atoms with Crippen molar-refractivity contribution in [2.75, 3.05) is 23.0 Å². The molecule has 1 atom stereocenters. The molecule has 0 saturated carbocycles. The van der Waals surface area contributed by atoms with Crippen molar-refractivity contribution in [2.24, 2.45) is 0 Å². The average molecular weight is 255 g/mol. The van der Waals surface area contributed by atoms with E-state index in [1.165, 1.54) is 6.33 Å². The molecule has 0 amide bonds. The molecule has 1 aliphatic heterocycles. The van der Waals surface area contributed by atoms with E-state index in [1.54, 1.807) is 0 Å². The van der Waals surface area contributed by atoms with Crippen LogP contribution in [0.2, 0.25) is 0 Å². The van der Waals surface area contributed by atoms with Crippen LogP contribution in [0.25, 0.3) is 0 Å². The second-order valence-electron chi connectivity index (χ2n) is 4.25. The maximum absolute atomic E-state index is 14.2. The summed E-state index contributed by atoms with van der Waals surface area (Å²) in [6.45, 7) is 4.92. The molecule has 94 valence electrons. The standard InChI is InChI=1S/C12H18FN3S/c1-3-10-11(13)12(15-8-14-10)16-5-7-17-6-4-9(16)2/h8-9H,3-7H2,1-2H3. The van der Waals surface area contributed by atoms with Crippen LogP contribution in [0.5, 0.6) is 0 Å². The van der Waals surface area contributed by atoms with Gasteiger partial charge in [0.2, 0.25) is 0 Å². The van der Waals surface area contributed by atoms with E-state index in [0.717, 1.165) is 24.5 Å². The van der Waals surface area contributed by atoms with Gasteiger partial charge in [-0.2, -0.15) is 11.8 Å². The highest BCUT2D eigenvalue weighted by Gasteiger charge is 2.22. The van der Waals surface area contributed by atoms with Crippen LogP contribution in [0.4, 0.5) is 10.2 Å². The molecule has 1 aliphatic rings. The van der Waals surface area contributed by atoms with Crippen molar-refractivity contribution in [3.8, 4) is 0 Å². The second kappa shape index (κ2) is 5.67. The SMILES string of the molecule is CCc1ncnc(N2CCSCCC2C)c1F. The fraction of sp³-hybridized carbons (Fsp3) is 0.667. The molecule has 2 heterocycles. The maximum atomic E-state index is 14.2. The summed E-state index contributed by atoms with van der Waals surface area (Å²) in [5.41, 5.74) is 0.513. The first kappa shape index (κ1) is 12.6. The predicted molar refractivity (Wildman–Crippen MR) is 70.1 cm³/mol. The van der Waals surface area contributed by atoms with Gasteiger partial charge < -0.3 is 4.90 Å². The van der Waals surface area contributed by atoms with Crippen LogP contribution in [0.15, 0.2) is 6.33 Å². The summed E-state index contributed by atoms with van der Waals surface area (Å²) in [5.74, 6) is 2.42. The van der Waals surface area contributed by atoms with Crippen LogP contribution in [0.3, 0.4) is 0 Å². The zero-order valence-corrected chi connectivity index (χ0v) is 11.1. The van der Waals surface area contributed by atoms with Crippen molar-refractivity contribution >= 4 is 17.6 Å². The largest absolute Gasteiger partial charge is 0.351 e. The molecule has 3 nitrogen and oxygen atoms in total. The first-order valence-corrected chi connectivity index (χ1v) is 7.23. The fourth-order valence-electron chi connectivity index (χ4n) is 2.05. The third-order valence-electron chi connectivity index (χ3n) is 3.14. The molecule has 0 bridgehead atoms. The Balaban J connectivity index is 2.31. The van der Waals surface area contributed by atoms with E-state index in [-0.39, 0.29) is 5.82 Å². The lowest BCUT2D eigenvalue weighted by Gasteiger charge is -2.28. The molecule has 0 spiro atoms. The zero-order valence-electron chi connectivity index (χ0n) is 10.3. The van der Waals surface area contributed by atoms with Crippen LogP contribution in [-0.2, 0) is 6.42 Å². The molecule has 1 aromatic rings. The van der Waals surface area contributed by atoms with E-state index in [2.05, 4.69) is 21.8 Å². The van der Waals surface area contributed by atoms with Gasteiger partial charge in [-0.3, -0.25) is 0 Å². The molecule has 17 heavy (non-hydrogen) atoms. The summed E-state index contributed by atoms with van der Waals surface area (Å²) in [7, 11) is 0. The predicted octanol–water partition coefficient (Wildman–Crippen LogP) is 2.51. The van der Waals surface area contributed by atoms with E-state index < -0.39 is 0 Å². The molecule has 1 saturated heterocycles. The lowest BCUT2D eigenvalue weighted by molar-refractivity contribution is 0.562. The summed E-state index contributed by atoms with van der Waals surface area (Å²) in [4.78, 5) is 10.2. The number of rotatable bonds is 2. The van der Waals surface area contributed by atoms with Gasteiger partial charge >= 0.3 is 0 Å². The minimum atomic E-state index is -0.242. The number of thioether (sulfide) groups is 1. The van der Waals surface area contributed by atoms with Crippen LogP contribution >= 0.6 is 11.8 Å². The van der Waals surface area contributed by atoms with Gasteiger partial charge in [0.25, 0.3) is 0 Å². The Morgan fingerprint density at radius 1 is 1.47 bits per heavy atom. The van der Waals surface area contributed by atoms with Crippen LogP contribution in [0.1, 0.15) is 26.0 Å². The van der Waals surface area contributed by atoms with Gasteiger partial charge in [0.15, 0.2) is 11.6 Å². The highest BCUT2D eigenvalue weighted by atomic mass is 32.2. The van der Waals surface area contributed by atoms with Gasteiger partial charge in [-0.15, -0.1) is 0 Å². The third kappa shape index (κ3) is 2.70. The normalized spacial score (nSPS) is 21.4. The Bertz CT molecular complexity index is 386. The lowest BCUT2D eigenvalue weighted by Crippen LogP contribution is -2.35. The molecule has 2 rings (SSSR count). The minimum Gasteiger partial charge on any atom is -0.351 e. The molecular formula is C12H18FN3S. The summed E-state index contributed by atoms with van der Waals surface area (Å²) in [5, 5.41) is 0. The van der Waals surface area contributed by atoms with Crippen LogP contribution < -0.4 is 4.90 Å². The quantitative estimate of drug-likeness (QED) is 0.812. The molecule has 1 fully saturated rings. The Kier molecular flexibility index (Phi) is 4.20. The minimum absolute atomic E-state index is 0.242. The molecule has 1 aromatic heterocycles. The average Bonchev–Trinajstić information content (AvgIpc) is 2.55. The van der Waals surface area contributed by atoms with Gasteiger partial charge in [-0.25, -0.2) is 14.4 Å². The van der Waals surface area contributed by atoms with Gasteiger partial charge in [0.05, 0.1) is 5.69 Å². The second-order valence-corrected chi connectivity index (χ2v) is 5.48. The van der Waals surface area contributed by atoms with Gasteiger partial charge in [-0.05, 0) is 25.5 Å². The van der Waals surface area contributed by atoms with Crippen molar-refractivity contribution in [1.29, 1.82) is 0 Å². The Labute approximate surface area is 106 Å². The zero-order chi connectivity index (χ0) is 12.3. The monoisotopic (exact) mass is 255 g/mol. The van der Waals surface area contributed by atoms with Crippen LogP contribution in [-0.4, -0.2) is 34.1 Å². The molecule has 0 aromatic carbocycles. The first-order valence-electron chi connectivity index (χ1n) is 6.07. The van der Waals surface area contributed by atoms with Gasteiger partial charge in [0.1, 0.15) is 6.33 Å². The smallest absolute Gasteiger partial charge is 0.187 e. The van der Waals surface area contributed by atoms with Crippen LogP contribution in [0, 0.1) is 5.82 Å². The Morgan fingerprint density at radius 3 is 3.06 bits per heavy atom. The lowest BCUT2D eigenvalue weighted by atomic mass is 10.2. The van der Waals surface area contributed by atoms with Crippen molar-refractivity contribution in [2.45, 2.75) is 32.7 Å². The number of hydrogen-bond acceptors (Lipinski definition) is 4. The molecular weight excluding hydrogens is 237 g/mol. The molecule has 1 unspecified atom stereocenters. The van der Waals surface area contributed by atoms with E-state index in [0.29, 0.717) is 24.0 Å². The van der Waals surface area contributed by atoms with E-state index in [4.69, 9.17) is 0 Å². The van der Waals surface area contributed by atoms with Crippen molar-refractivity contribution < 1.29 is 4.39 Å². The van der Waals surface area contributed by atoms with Gasteiger partial charge in [0, 0.05) is 18.3 Å². The molecule has 5 heteroatoms. The van der Waals surface area contributed by atoms with E-state index in [9.17, 15) is 4.39 Å². The summed E-state index contributed by atoms with van der Waals surface area (Å²) >= 11 is 1.93. The maximum Gasteiger partial charge on any atom is 0.187 e. The first-order chi connectivity index (χ1) is 8.24. The van der Waals surface area contributed by atoms with Crippen molar-refractivity contribution in [1.82, 2.24) is 9.97 Å². The summed E-state index contributed by atoms with van der Waals surface area (Å²) in [6.07, 6.45) is 3.16. The summed E-state index contributed by atoms with van der Waals surface area (Å²) < 4.78 is 14.2. The van der Waals surface area contributed by atoms with E-state index in [1.807, 2.05) is 18.7 Å². The Morgan fingerprint density at radius 2 is 2.29 bits per heavy atom. The number of anilines is 1. The molecule has 0 radical (unpaired) electrons. The number of hydrogen-bond donors (Lipinski definition) is 0. The highest BCUT2D eigenvalue weighted by Crippen LogP contribution is 2.25. The fourth-order valence-corrected chi connectivity index (χ4v) is 3.09.